The van der Waals surface area contributed by atoms with Gasteiger partial charge in [-0.3, -0.25) is 0 Å². The molecule has 0 unspecified atom stereocenters. The van der Waals surface area contributed by atoms with Crippen molar-refractivity contribution in [1.82, 2.24) is 4.98 Å². The van der Waals surface area contributed by atoms with Gasteiger partial charge < -0.3 is 9.40 Å². The van der Waals surface area contributed by atoms with E-state index in [1.54, 1.807) is 0 Å². The Kier molecular flexibility index (Phi) is 3.91. The molecule has 0 bridgehead atoms. The van der Waals surface area contributed by atoms with E-state index < -0.39 is 0 Å². The van der Waals surface area contributed by atoms with Gasteiger partial charge in [-0.15, -0.1) is 0 Å². The summed E-state index contributed by atoms with van der Waals surface area (Å²) < 4.78 is 6.05. The van der Waals surface area contributed by atoms with E-state index in [0.717, 1.165) is 16.6 Å². The third kappa shape index (κ3) is 2.42. The molecule has 2 heterocycles. The molecule has 0 aliphatic rings. The zero-order chi connectivity index (χ0) is 19.1. The van der Waals surface area contributed by atoms with Crippen LogP contribution in [0.5, 0.6) is 0 Å². The monoisotopic (exact) mass is 363 g/mol. The molecule has 0 aliphatic carbocycles. The van der Waals surface area contributed by atoms with Crippen LogP contribution in [0, 0.1) is 0 Å². The smallest absolute Gasteiger partial charge is 0.136 e. The van der Waals surface area contributed by atoms with Crippen molar-refractivity contribution in [2.24, 2.45) is 0 Å². The minimum absolute atomic E-state index is 0.933. The van der Waals surface area contributed by atoms with Crippen molar-refractivity contribution in [3.05, 3.63) is 84.9 Å². The average Bonchev–Trinajstić information content (AvgIpc) is 3.33. The standard InChI is InChI=1S/C24H15NO.C2H6/c1-3-9-20-17(6-1)19-14-15(12-13-21(19)25-20)16-8-5-11-23-24(16)18-7-2-4-10-22(18)26-23;1-2/h1-14,25H;1-2H3. The third-order valence-electron chi connectivity index (χ3n) is 5.22. The minimum Gasteiger partial charge on any atom is -0.456 e. The van der Waals surface area contributed by atoms with Crippen molar-refractivity contribution in [3.63, 3.8) is 0 Å². The molecule has 6 aromatic rings. The summed E-state index contributed by atoms with van der Waals surface area (Å²) in [6, 6.07) is 29.6. The maximum absolute atomic E-state index is 6.05. The Balaban J connectivity index is 0.000000829. The number of H-pyrrole nitrogens is 1. The topological polar surface area (TPSA) is 28.9 Å². The van der Waals surface area contributed by atoms with Crippen molar-refractivity contribution in [1.29, 1.82) is 0 Å². The zero-order valence-corrected chi connectivity index (χ0v) is 16.0. The Morgan fingerprint density at radius 1 is 0.607 bits per heavy atom. The Bertz CT molecular complexity index is 1430. The third-order valence-corrected chi connectivity index (χ3v) is 5.22. The van der Waals surface area contributed by atoms with Gasteiger partial charge in [0.15, 0.2) is 0 Å². The normalized spacial score (nSPS) is 11.2. The lowest BCUT2D eigenvalue weighted by molar-refractivity contribution is 0.669. The fourth-order valence-electron chi connectivity index (χ4n) is 4.03. The van der Waals surface area contributed by atoms with Gasteiger partial charge in [-0.1, -0.05) is 68.4 Å². The van der Waals surface area contributed by atoms with E-state index in [0.29, 0.717) is 0 Å². The number of furan rings is 1. The van der Waals surface area contributed by atoms with Crippen LogP contribution >= 0.6 is 0 Å². The van der Waals surface area contributed by atoms with Crippen molar-refractivity contribution >= 4 is 43.7 Å². The first-order chi connectivity index (χ1) is 13.9. The summed E-state index contributed by atoms with van der Waals surface area (Å²) >= 11 is 0. The lowest BCUT2D eigenvalue weighted by Gasteiger charge is -2.04. The number of aromatic nitrogens is 1. The van der Waals surface area contributed by atoms with Crippen LogP contribution in [-0.4, -0.2) is 4.98 Å². The Labute approximate surface area is 163 Å². The second-order valence-electron chi connectivity index (χ2n) is 6.71. The molecule has 6 rings (SSSR count). The first kappa shape index (κ1) is 16.6. The van der Waals surface area contributed by atoms with Gasteiger partial charge in [0.25, 0.3) is 0 Å². The van der Waals surface area contributed by atoms with Crippen LogP contribution < -0.4 is 0 Å². The Morgan fingerprint density at radius 2 is 1.32 bits per heavy atom. The Hall–Kier alpha value is -3.52. The molecule has 0 saturated heterocycles. The maximum atomic E-state index is 6.05. The molecular weight excluding hydrogens is 342 g/mol. The first-order valence-electron chi connectivity index (χ1n) is 9.79. The second kappa shape index (κ2) is 6.58. The second-order valence-corrected chi connectivity index (χ2v) is 6.71. The lowest BCUT2D eigenvalue weighted by Crippen LogP contribution is -1.80. The van der Waals surface area contributed by atoms with Crippen LogP contribution in [0.1, 0.15) is 13.8 Å². The summed E-state index contributed by atoms with van der Waals surface area (Å²) in [5.41, 5.74) is 6.62. The first-order valence-corrected chi connectivity index (χ1v) is 9.79. The van der Waals surface area contributed by atoms with Crippen LogP contribution in [0.3, 0.4) is 0 Å². The summed E-state index contributed by atoms with van der Waals surface area (Å²) in [6.45, 7) is 4.00. The van der Waals surface area contributed by atoms with E-state index in [1.165, 1.54) is 38.3 Å². The van der Waals surface area contributed by atoms with Crippen molar-refractivity contribution in [2.45, 2.75) is 13.8 Å². The van der Waals surface area contributed by atoms with E-state index in [1.807, 2.05) is 32.0 Å². The van der Waals surface area contributed by atoms with E-state index in [2.05, 4.69) is 71.7 Å². The molecular formula is C26H21NO. The predicted octanol–water partition coefficient (Wildman–Crippen LogP) is 7.91. The molecule has 0 amide bonds. The molecule has 0 saturated carbocycles. The fraction of sp³-hybridized carbons (Fsp3) is 0.0769. The molecule has 0 spiro atoms. The van der Waals surface area contributed by atoms with Crippen LogP contribution in [0.4, 0.5) is 0 Å². The number of hydrogen-bond donors (Lipinski definition) is 1. The number of nitrogens with one attached hydrogen (secondary N) is 1. The van der Waals surface area contributed by atoms with E-state index in [4.69, 9.17) is 4.42 Å². The van der Waals surface area contributed by atoms with Gasteiger partial charge in [0.2, 0.25) is 0 Å². The molecule has 0 aliphatic heterocycles. The number of aromatic amines is 1. The highest BCUT2D eigenvalue weighted by Gasteiger charge is 2.13. The highest BCUT2D eigenvalue weighted by molar-refractivity contribution is 6.14. The number of rotatable bonds is 1. The SMILES string of the molecule is CC.c1ccc2c(c1)[nH]c1ccc(-c3cccc4oc5ccccc5c34)cc12. The summed E-state index contributed by atoms with van der Waals surface area (Å²) in [6.07, 6.45) is 0. The van der Waals surface area contributed by atoms with Crippen molar-refractivity contribution < 1.29 is 4.42 Å². The molecule has 4 aromatic carbocycles. The van der Waals surface area contributed by atoms with Crippen LogP contribution in [-0.2, 0) is 0 Å². The quantitative estimate of drug-likeness (QED) is 0.316. The van der Waals surface area contributed by atoms with Gasteiger partial charge in [0, 0.05) is 32.6 Å². The number of fused-ring (bicyclic) bond motifs is 6. The molecule has 136 valence electrons. The van der Waals surface area contributed by atoms with Crippen molar-refractivity contribution in [3.8, 4) is 11.1 Å². The van der Waals surface area contributed by atoms with Crippen LogP contribution in [0.2, 0.25) is 0 Å². The summed E-state index contributed by atoms with van der Waals surface area (Å²) in [7, 11) is 0. The highest BCUT2D eigenvalue weighted by Crippen LogP contribution is 2.38. The zero-order valence-electron chi connectivity index (χ0n) is 16.0. The van der Waals surface area contributed by atoms with Gasteiger partial charge in [0.05, 0.1) is 0 Å². The molecule has 2 aromatic heterocycles. The van der Waals surface area contributed by atoms with Gasteiger partial charge in [-0.2, -0.15) is 0 Å². The number of para-hydroxylation sites is 2. The van der Waals surface area contributed by atoms with Crippen LogP contribution in [0.15, 0.2) is 89.3 Å². The summed E-state index contributed by atoms with van der Waals surface area (Å²) in [5, 5.41) is 4.86. The van der Waals surface area contributed by atoms with Gasteiger partial charge >= 0.3 is 0 Å². The molecule has 28 heavy (non-hydrogen) atoms. The minimum atomic E-state index is 0.933. The molecule has 1 N–H and O–H groups in total. The number of benzene rings is 4. The number of hydrogen-bond acceptors (Lipinski definition) is 1. The van der Waals surface area contributed by atoms with Gasteiger partial charge in [0.1, 0.15) is 11.2 Å². The largest absolute Gasteiger partial charge is 0.456 e. The molecule has 0 radical (unpaired) electrons. The van der Waals surface area contributed by atoms with Crippen molar-refractivity contribution in [2.75, 3.05) is 0 Å². The van der Waals surface area contributed by atoms with E-state index in [9.17, 15) is 0 Å². The fourth-order valence-corrected chi connectivity index (χ4v) is 4.03. The molecule has 0 fully saturated rings. The molecule has 2 nitrogen and oxygen atoms in total. The Morgan fingerprint density at radius 3 is 2.21 bits per heavy atom. The molecule has 0 atom stereocenters. The van der Waals surface area contributed by atoms with Gasteiger partial charge in [-0.05, 0) is 41.5 Å². The highest BCUT2D eigenvalue weighted by atomic mass is 16.3. The van der Waals surface area contributed by atoms with Gasteiger partial charge in [-0.25, -0.2) is 0 Å². The van der Waals surface area contributed by atoms with E-state index >= 15 is 0 Å². The summed E-state index contributed by atoms with van der Waals surface area (Å²) in [5.74, 6) is 0. The predicted molar refractivity (Wildman–Crippen MR) is 120 cm³/mol. The lowest BCUT2D eigenvalue weighted by atomic mass is 9.98. The van der Waals surface area contributed by atoms with E-state index in [-0.39, 0.29) is 0 Å². The van der Waals surface area contributed by atoms with Crippen LogP contribution in [0.25, 0.3) is 54.9 Å². The molecule has 2 heteroatoms. The summed E-state index contributed by atoms with van der Waals surface area (Å²) in [4.78, 5) is 3.50. The maximum Gasteiger partial charge on any atom is 0.136 e. The average molecular weight is 363 g/mol.